The maximum atomic E-state index is 14.4. The van der Waals surface area contributed by atoms with Crippen LogP contribution in [0.3, 0.4) is 0 Å². The van der Waals surface area contributed by atoms with Gasteiger partial charge in [-0.25, -0.2) is 54.8 Å². The number of sulfonamides is 6. The molecule has 784 valence electrons. The molecule has 145 heavy (non-hydrogen) atoms. The standard InChI is InChI=1S/C36H42N4O9S3.C25H29N3O6S3.C20H30N4O7.C11H13Cl2NO3.CO2.3CH4.2Na/c1-28-4-14-34(15-5-28)50(43,44)37-20-21-38(51(45,46)35-16-6-29(2)7-17-35)24-25-49-27-33(26-31-10-12-32(13-11-31)40(41)42)39(23-22-37)52(47,48)36-18-8-30(3)9-19-36;1-20-4-10-23(11-5-20)35(29,30)26-16-18-28(37(33,34)25-14-8-22(3)9-15-25)19-17-27-36(31,32)24-12-6-21(2)7-13-24;1-21-6-7-22(13-19(25)26)8-9-23(14-20(27)28)18(15-31-11-10-21)12-16-2-4-17(5-3-16)24(29)30;12-5-6-17-8-10(13)7-9-1-3-11(4-2-9)14(15)16;2-1-3;;;;;/h4-19,33H,20-27H2,1-3H3;4-15H,16-19H2,1-3H3;2-5,18H,6-15H2,1H3,(H,25,26)(H,27,28);1-4,10H,5-8H2;;3*1H4;;/q;-2;;;;;;;2*+1. The van der Waals surface area contributed by atoms with Crippen LogP contribution >= 0.6 is 23.2 Å². The van der Waals surface area contributed by atoms with Gasteiger partial charge in [-0.15, -0.1) is 36.3 Å². The van der Waals surface area contributed by atoms with Crippen molar-refractivity contribution in [3.8, 4) is 0 Å². The zero-order chi connectivity index (χ0) is 103. The van der Waals surface area contributed by atoms with E-state index in [-0.39, 0.29) is 237 Å². The molecule has 2 heterocycles. The Hall–Kier alpha value is -8.70. The molecule has 2 aliphatic heterocycles. The van der Waals surface area contributed by atoms with Crippen molar-refractivity contribution >= 4 is 118 Å². The number of carbonyl (C=O) groups is 2. The number of hydrogen-bond donors (Lipinski definition) is 2. The number of aryl methyl sites for hydroxylation is 6. The Morgan fingerprint density at radius 1 is 0.448 bits per heavy atom. The molecule has 49 heteroatoms. The summed E-state index contributed by atoms with van der Waals surface area (Å²) in [4.78, 5) is 75.9. The number of benzene rings is 9. The second kappa shape index (κ2) is 64.6. The van der Waals surface area contributed by atoms with Crippen molar-refractivity contribution in [1.82, 2.24) is 31.9 Å². The van der Waals surface area contributed by atoms with Gasteiger partial charge in [-0.3, -0.25) is 49.7 Å². The summed E-state index contributed by atoms with van der Waals surface area (Å²) in [5, 5.41) is 51.1. The zero-order valence-electron chi connectivity index (χ0n) is 80.1. The van der Waals surface area contributed by atoms with Crippen molar-refractivity contribution in [2.45, 2.75) is 130 Å². The molecule has 2 N–H and O–H groups in total. The first-order valence-electron chi connectivity index (χ1n) is 43.7. The van der Waals surface area contributed by atoms with E-state index in [9.17, 15) is 101 Å². The number of carboxylic acid groups (broad SMARTS) is 2. The van der Waals surface area contributed by atoms with Gasteiger partial charge in [0.15, 0.2) is 0 Å². The van der Waals surface area contributed by atoms with Gasteiger partial charge in [0, 0.05) is 124 Å². The van der Waals surface area contributed by atoms with Crippen LogP contribution in [-0.2, 0) is 113 Å². The molecule has 2 fully saturated rings. The number of carboxylic acids is 2. The van der Waals surface area contributed by atoms with Crippen molar-refractivity contribution in [2.75, 3.05) is 157 Å². The van der Waals surface area contributed by atoms with Gasteiger partial charge in [0.2, 0.25) is 40.1 Å². The number of non-ortho nitro benzene ring substituents is 3. The van der Waals surface area contributed by atoms with E-state index in [1.165, 1.54) is 130 Å². The molecule has 11 rings (SSSR count). The van der Waals surface area contributed by atoms with Crippen LogP contribution in [0.5, 0.6) is 0 Å². The normalized spacial score (nSPS) is 15.5. The fourth-order valence-corrected chi connectivity index (χ4v) is 22.1. The van der Waals surface area contributed by atoms with Crippen LogP contribution in [0.25, 0.3) is 9.44 Å². The number of halogens is 2. The molecular weight excluding hydrogens is 2060 g/mol. The van der Waals surface area contributed by atoms with Gasteiger partial charge in [0.1, 0.15) is 20.0 Å². The number of aliphatic carboxylic acids is 2. The van der Waals surface area contributed by atoms with E-state index in [2.05, 4.69) is 14.3 Å². The average Bonchev–Trinajstić information content (AvgIpc) is 0.783. The van der Waals surface area contributed by atoms with Crippen LogP contribution in [0.2, 0.25) is 0 Å². The minimum Gasteiger partial charge on any atom is -0.544 e. The van der Waals surface area contributed by atoms with Crippen molar-refractivity contribution in [3.05, 3.63) is 308 Å². The number of nitro benzene ring substituents is 3. The Morgan fingerprint density at radius 2 is 0.772 bits per heavy atom. The molecule has 0 spiro atoms. The molecule has 3 atom stereocenters. The monoisotopic (exact) mass is 2190 g/mol. The smallest absolute Gasteiger partial charge is 0.544 e. The summed E-state index contributed by atoms with van der Waals surface area (Å²) in [6.45, 7) is 12.2. The fourth-order valence-electron chi connectivity index (χ4n) is 14.0. The second-order valence-electron chi connectivity index (χ2n) is 32.5. The molecule has 0 aromatic heterocycles. The summed E-state index contributed by atoms with van der Waals surface area (Å²) in [5.41, 5.74) is 7.51. The van der Waals surface area contributed by atoms with Crippen molar-refractivity contribution in [3.63, 3.8) is 0 Å². The third-order valence-corrected chi connectivity index (χ3v) is 32.8. The number of likely N-dealkylation sites (N-methyl/N-ethyl adjacent to an activating group) is 1. The number of nitrogens with zero attached hydrogens (tertiary/aromatic N) is 12. The first-order valence-corrected chi connectivity index (χ1v) is 53.3. The predicted octanol–water partition coefficient (Wildman–Crippen LogP) is 7.24. The van der Waals surface area contributed by atoms with E-state index >= 15 is 0 Å². The second-order valence-corrected chi connectivity index (χ2v) is 44.5. The summed E-state index contributed by atoms with van der Waals surface area (Å²) in [7, 11) is -22.7. The molecule has 39 nitrogen and oxygen atoms in total. The number of rotatable bonds is 35. The minimum absolute atomic E-state index is 0. The summed E-state index contributed by atoms with van der Waals surface area (Å²) >= 11 is 11.5. The Bertz CT molecular complexity index is 6220. The quantitative estimate of drug-likeness (QED) is 0.0130. The van der Waals surface area contributed by atoms with Gasteiger partial charge in [0.05, 0.1) is 98.5 Å². The first kappa shape index (κ1) is 132. The Kier molecular flexibility index (Phi) is 59.0. The maximum Gasteiger partial charge on any atom is 1.00 e. The largest absolute Gasteiger partial charge is 1.00 e. The number of hydrogen-bond acceptors (Lipinski definition) is 28. The SMILES string of the molecule is C.C.C.CN1CCOCC(Cc2ccc([N+](=O)[O-])cc2)N(CC(=O)O)CCN(CC(=O)O)CC1.Cc1ccc(S(=O)(=O)N2CCOCC(Cc3ccc([N+](=O)[O-])cc3)N(S(=O)(=O)c3ccc(C)cc3)CCN(S(=O)(=O)c3ccc(C)cc3)CC2)cc1.Cc1ccc(S(=O)(=O)[N-]CCN(CC[N-]S(=O)(=O)c2ccc(C)cc2)S(=O)(=O)c2ccc(C)cc2)cc1.O=C=O.O=[N+]([O-])c1ccc(CC(Cl)COCCCl)cc1.[Na+].[Na+]. The fraction of sp³-hybridized carbons (Fsp3) is 0.406. The molecule has 2 saturated heterocycles. The van der Waals surface area contributed by atoms with Crippen LogP contribution < -0.4 is 59.1 Å². The van der Waals surface area contributed by atoms with E-state index in [0.29, 0.717) is 83.4 Å². The molecule has 0 bridgehead atoms. The van der Waals surface area contributed by atoms with Crippen LogP contribution in [0.1, 0.15) is 72.4 Å². The average molecular weight is 2190 g/mol. The van der Waals surface area contributed by atoms with Crippen LogP contribution in [0, 0.1) is 71.9 Å². The molecule has 0 aliphatic carbocycles. The summed E-state index contributed by atoms with van der Waals surface area (Å²) in [5.74, 6) is -1.46. The van der Waals surface area contributed by atoms with E-state index in [4.69, 9.17) is 47.0 Å². The molecule has 0 amide bonds. The van der Waals surface area contributed by atoms with E-state index in [0.717, 1.165) is 53.1 Å². The Morgan fingerprint density at radius 3 is 1.14 bits per heavy atom. The van der Waals surface area contributed by atoms with Gasteiger partial charge >= 0.3 is 77.2 Å². The Balaban J connectivity index is 0.000000677. The first-order chi connectivity index (χ1) is 66.2. The van der Waals surface area contributed by atoms with Gasteiger partial charge in [-0.1, -0.05) is 165 Å². The molecule has 0 saturated carbocycles. The van der Waals surface area contributed by atoms with Gasteiger partial charge in [-0.2, -0.15) is 22.5 Å². The van der Waals surface area contributed by atoms with Gasteiger partial charge in [-0.05, 0) is 170 Å². The van der Waals surface area contributed by atoms with Crippen LogP contribution in [-0.4, -0.2) is 300 Å². The van der Waals surface area contributed by atoms with Crippen LogP contribution in [0.4, 0.5) is 17.1 Å². The molecule has 3 unspecified atom stereocenters. The predicted molar refractivity (Wildman–Crippen MR) is 545 cm³/mol. The molecular formula is C96H126Cl2N12Na2O27S6. The van der Waals surface area contributed by atoms with Gasteiger partial charge < -0.3 is 38.8 Å². The van der Waals surface area contributed by atoms with E-state index in [1.807, 2.05) is 48.6 Å². The van der Waals surface area contributed by atoms with Crippen molar-refractivity contribution in [2.24, 2.45) is 0 Å². The molecule has 2 aliphatic rings. The zero-order valence-corrected chi connectivity index (χ0v) is 90.5. The minimum atomic E-state index is -4.25. The number of nitro groups is 3. The van der Waals surface area contributed by atoms with Crippen molar-refractivity contribution in [1.29, 1.82) is 0 Å². The van der Waals surface area contributed by atoms with Gasteiger partial charge in [0.25, 0.3) is 17.1 Å². The topological polar surface area (TPSA) is 522 Å². The number of alkyl halides is 2. The van der Waals surface area contributed by atoms with E-state index < -0.39 is 92.9 Å². The van der Waals surface area contributed by atoms with E-state index in [1.54, 1.807) is 107 Å². The molecule has 0 radical (unpaired) electrons. The van der Waals surface area contributed by atoms with Crippen molar-refractivity contribution < 1.29 is 168 Å². The summed E-state index contributed by atoms with van der Waals surface area (Å²) in [6, 6.07) is 54.5. The Labute approximate surface area is 905 Å². The summed E-state index contributed by atoms with van der Waals surface area (Å²) in [6.07, 6.45) is 1.39. The van der Waals surface area contributed by atoms with Crippen LogP contribution in [0.15, 0.2) is 248 Å². The number of ether oxygens (including phenoxy) is 3. The third-order valence-electron chi connectivity index (χ3n) is 21.8. The molecule has 9 aromatic carbocycles. The third kappa shape index (κ3) is 43.8. The summed E-state index contributed by atoms with van der Waals surface area (Å²) < 4.78 is 191. The molecule has 9 aromatic rings. The maximum absolute atomic E-state index is 14.4. The number of carbonyl (C=O) groups excluding carboxylic acids is 2.